The first kappa shape index (κ1) is 32.6. The first-order valence-electron chi connectivity index (χ1n) is 14.7. The minimum Gasteiger partial charge on any atom is -0.381 e. The van der Waals surface area contributed by atoms with Gasteiger partial charge in [0.15, 0.2) is 6.10 Å². The predicted molar refractivity (Wildman–Crippen MR) is 153 cm³/mol. The third kappa shape index (κ3) is 7.31. The Balaban J connectivity index is 1.86. The number of nitrogens with zero attached hydrogens (tertiary/aromatic N) is 1. The summed E-state index contributed by atoms with van der Waals surface area (Å²) in [5.74, 6) is -2.13. The SMILES string of the molecule is CCNC(=O)C(O)[C@H](C[C@@H]1CCNC1=O)NC(=O)[C@@H]1[C@@H]2[C@H](CN1C(=O)[C@@H](NC(=O)NC(C)(C)C)C(C)(C)C)C2(C)C. The Bertz CT molecular complexity index is 1050. The summed E-state index contributed by atoms with van der Waals surface area (Å²) in [6.07, 6.45) is -0.937. The summed E-state index contributed by atoms with van der Waals surface area (Å²) in [6.45, 7) is 18.1. The lowest BCUT2D eigenvalue weighted by atomic mass is 9.85. The number of nitrogens with one attached hydrogen (secondary N) is 5. The van der Waals surface area contributed by atoms with Gasteiger partial charge in [0.2, 0.25) is 17.7 Å². The van der Waals surface area contributed by atoms with E-state index in [1.54, 1.807) is 11.8 Å². The quantitative estimate of drug-likeness (QED) is 0.233. The first-order chi connectivity index (χ1) is 18.8. The van der Waals surface area contributed by atoms with Crippen molar-refractivity contribution in [3.63, 3.8) is 0 Å². The van der Waals surface area contributed by atoms with Crippen LogP contribution >= 0.6 is 0 Å². The van der Waals surface area contributed by atoms with Gasteiger partial charge < -0.3 is 36.6 Å². The molecule has 2 aliphatic heterocycles. The van der Waals surface area contributed by atoms with Crippen molar-refractivity contribution in [3.05, 3.63) is 0 Å². The molecule has 1 unspecified atom stereocenters. The van der Waals surface area contributed by atoms with Gasteiger partial charge in [-0.15, -0.1) is 0 Å². The number of likely N-dealkylation sites (N-methyl/N-ethyl adjacent to an activating group) is 1. The molecule has 1 saturated carbocycles. The molecule has 0 aromatic carbocycles. The molecule has 232 valence electrons. The van der Waals surface area contributed by atoms with E-state index in [1.807, 2.05) is 41.5 Å². The topological polar surface area (TPSA) is 169 Å². The van der Waals surface area contributed by atoms with E-state index in [4.69, 9.17) is 0 Å². The van der Waals surface area contributed by atoms with Crippen molar-refractivity contribution in [2.45, 2.75) is 105 Å². The second-order valence-electron chi connectivity index (χ2n) is 14.5. The van der Waals surface area contributed by atoms with Crippen LogP contribution in [0.25, 0.3) is 0 Å². The zero-order valence-corrected chi connectivity index (χ0v) is 26.0. The van der Waals surface area contributed by atoms with Crippen LogP contribution in [0.15, 0.2) is 0 Å². The smallest absolute Gasteiger partial charge is 0.315 e. The van der Waals surface area contributed by atoms with Gasteiger partial charge in [-0.2, -0.15) is 0 Å². The minimum atomic E-state index is -1.56. The van der Waals surface area contributed by atoms with E-state index in [0.29, 0.717) is 26.1 Å². The van der Waals surface area contributed by atoms with E-state index in [2.05, 4.69) is 40.4 Å². The van der Waals surface area contributed by atoms with Crippen molar-refractivity contribution in [2.24, 2.45) is 28.6 Å². The summed E-state index contributed by atoms with van der Waals surface area (Å²) < 4.78 is 0. The number of hydrogen-bond acceptors (Lipinski definition) is 6. The third-order valence-corrected chi connectivity index (χ3v) is 8.67. The molecule has 3 aliphatic rings. The van der Waals surface area contributed by atoms with Crippen molar-refractivity contribution in [1.82, 2.24) is 31.5 Å². The maximum Gasteiger partial charge on any atom is 0.315 e. The monoisotopic (exact) mass is 578 g/mol. The van der Waals surface area contributed by atoms with Crippen LogP contribution in [0.1, 0.15) is 75.2 Å². The van der Waals surface area contributed by atoms with Crippen molar-refractivity contribution in [1.29, 1.82) is 0 Å². The number of urea groups is 1. The lowest BCUT2D eigenvalue weighted by Gasteiger charge is -2.38. The molecule has 2 saturated heterocycles. The first-order valence-corrected chi connectivity index (χ1v) is 14.7. The van der Waals surface area contributed by atoms with Crippen molar-refractivity contribution in [3.8, 4) is 0 Å². The maximum absolute atomic E-state index is 14.1. The van der Waals surface area contributed by atoms with Gasteiger partial charge in [-0.1, -0.05) is 34.6 Å². The molecule has 0 spiro atoms. The highest BCUT2D eigenvalue weighted by Crippen LogP contribution is 2.65. The molecule has 0 radical (unpaired) electrons. The van der Waals surface area contributed by atoms with E-state index in [1.165, 1.54) is 0 Å². The average molecular weight is 579 g/mol. The normalized spacial score (nSPS) is 27.2. The van der Waals surface area contributed by atoms with Gasteiger partial charge >= 0.3 is 6.03 Å². The number of aliphatic hydroxyl groups excluding tert-OH is 1. The molecule has 0 aromatic rings. The van der Waals surface area contributed by atoms with Crippen LogP contribution in [0.3, 0.4) is 0 Å². The molecule has 0 bridgehead atoms. The number of fused-ring (bicyclic) bond motifs is 1. The molecule has 0 aromatic heterocycles. The standard InChI is InChI=1S/C29H50N6O6/c1-10-30-24(39)20(36)17(13-15-11-12-31-22(15)37)32-23(38)19-18-16(29(18,8)9)14-35(19)25(40)21(27(2,3)4)33-26(41)34-28(5,6)7/h15-21,36H,10-14H2,1-9H3,(H,30,39)(H,31,37)(H,32,38)(H2,33,34,41)/t15-,16-,17-,18-,19-,20?,21+/m0/s1. The second-order valence-corrected chi connectivity index (χ2v) is 14.5. The maximum atomic E-state index is 14.1. The van der Waals surface area contributed by atoms with Gasteiger partial charge in [0.25, 0.3) is 5.91 Å². The van der Waals surface area contributed by atoms with E-state index in [0.717, 1.165) is 0 Å². The molecule has 7 atom stereocenters. The molecule has 1 aliphatic carbocycles. The highest BCUT2D eigenvalue weighted by atomic mass is 16.3. The Hall–Kier alpha value is -2.89. The summed E-state index contributed by atoms with van der Waals surface area (Å²) >= 11 is 0. The zero-order valence-electron chi connectivity index (χ0n) is 26.0. The van der Waals surface area contributed by atoms with Gasteiger partial charge in [0.1, 0.15) is 12.1 Å². The van der Waals surface area contributed by atoms with Gasteiger partial charge in [-0.05, 0) is 63.2 Å². The van der Waals surface area contributed by atoms with Crippen LogP contribution in [0.2, 0.25) is 0 Å². The Kier molecular flexibility index (Phi) is 9.37. The van der Waals surface area contributed by atoms with Gasteiger partial charge in [-0.3, -0.25) is 19.2 Å². The number of hydrogen-bond donors (Lipinski definition) is 6. The lowest BCUT2D eigenvalue weighted by molar-refractivity contribution is -0.145. The number of aliphatic hydroxyl groups is 1. The van der Waals surface area contributed by atoms with Gasteiger partial charge in [0, 0.05) is 31.1 Å². The molecule has 6 amide bonds. The van der Waals surface area contributed by atoms with E-state index in [9.17, 15) is 29.1 Å². The van der Waals surface area contributed by atoms with Gasteiger partial charge in [-0.25, -0.2) is 4.79 Å². The number of carbonyl (C=O) groups is 5. The Morgan fingerprint density at radius 1 is 1.10 bits per heavy atom. The van der Waals surface area contributed by atoms with Crippen LogP contribution in [-0.4, -0.2) is 89.1 Å². The summed E-state index contributed by atoms with van der Waals surface area (Å²) in [6, 6.07) is -3.24. The van der Waals surface area contributed by atoms with Gasteiger partial charge in [0.05, 0.1) is 6.04 Å². The summed E-state index contributed by atoms with van der Waals surface area (Å²) in [7, 11) is 0. The second kappa shape index (κ2) is 11.8. The van der Waals surface area contributed by atoms with Crippen LogP contribution < -0.4 is 26.6 Å². The van der Waals surface area contributed by atoms with Crippen LogP contribution in [-0.2, 0) is 19.2 Å². The third-order valence-electron chi connectivity index (χ3n) is 8.67. The average Bonchev–Trinajstić information content (AvgIpc) is 3.17. The molecule has 12 nitrogen and oxygen atoms in total. The molecule has 3 fully saturated rings. The summed E-state index contributed by atoms with van der Waals surface area (Å²) in [4.78, 5) is 67.2. The van der Waals surface area contributed by atoms with Crippen LogP contribution in [0, 0.1) is 28.6 Å². The summed E-state index contributed by atoms with van der Waals surface area (Å²) in [5, 5.41) is 24.7. The summed E-state index contributed by atoms with van der Waals surface area (Å²) in [5.41, 5.74) is -1.33. The molecular weight excluding hydrogens is 528 g/mol. The van der Waals surface area contributed by atoms with Crippen molar-refractivity contribution >= 4 is 29.7 Å². The zero-order chi connectivity index (χ0) is 31.1. The minimum absolute atomic E-state index is 0.0905. The number of piperidine rings is 1. The van der Waals surface area contributed by atoms with E-state index in [-0.39, 0.29) is 35.5 Å². The predicted octanol–water partition coefficient (Wildman–Crippen LogP) is 0.490. The lowest BCUT2D eigenvalue weighted by Crippen LogP contribution is -2.62. The highest BCUT2D eigenvalue weighted by Gasteiger charge is 2.70. The fourth-order valence-corrected chi connectivity index (χ4v) is 6.31. The molecule has 3 rings (SSSR count). The number of carbonyl (C=O) groups excluding carboxylic acids is 5. The molecular formula is C29H50N6O6. The largest absolute Gasteiger partial charge is 0.381 e. The van der Waals surface area contributed by atoms with E-state index >= 15 is 0 Å². The number of rotatable bonds is 9. The van der Waals surface area contributed by atoms with Crippen LogP contribution in [0.5, 0.6) is 0 Å². The van der Waals surface area contributed by atoms with Crippen molar-refractivity contribution in [2.75, 3.05) is 19.6 Å². The number of amides is 6. The molecule has 2 heterocycles. The van der Waals surface area contributed by atoms with Crippen LogP contribution in [0.4, 0.5) is 4.79 Å². The Morgan fingerprint density at radius 3 is 2.24 bits per heavy atom. The molecule has 12 heteroatoms. The number of likely N-dealkylation sites (tertiary alicyclic amines) is 1. The molecule has 6 N–H and O–H groups in total. The Labute approximate surface area is 243 Å². The molecule has 41 heavy (non-hydrogen) atoms. The van der Waals surface area contributed by atoms with E-state index < -0.39 is 58.9 Å². The fourth-order valence-electron chi connectivity index (χ4n) is 6.31. The Morgan fingerprint density at radius 2 is 1.73 bits per heavy atom. The fraction of sp³-hybridized carbons (Fsp3) is 0.828. The van der Waals surface area contributed by atoms with Crippen molar-refractivity contribution < 1.29 is 29.1 Å². The highest BCUT2D eigenvalue weighted by molar-refractivity contribution is 5.94.